The van der Waals surface area contributed by atoms with Gasteiger partial charge in [-0.2, -0.15) is 4.31 Å². The van der Waals surface area contributed by atoms with Gasteiger partial charge in [-0.3, -0.25) is 9.36 Å². The minimum Gasteiger partial charge on any atom is -0.464 e. The summed E-state index contributed by atoms with van der Waals surface area (Å²) in [6.07, 6.45) is 0.673. The van der Waals surface area contributed by atoms with Gasteiger partial charge in [-0.1, -0.05) is 19.1 Å². The van der Waals surface area contributed by atoms with Crippen LogP contribution in [0.15, 0.2) is 50.5 Å². The molecule has 34 heavy (non-hydrogen) atoms. The quantitative estimate of drug-likeness (QED) is 0.472. The molecular weight excluding hydrogens is 458 g/mol. The second kappa shape index (κ2) is 9.63. The zero-order valence-electron chi connectivity index (χ0n) is 19.6. The van der Waals surface area contributed by atoms with Crippen LogP contribution < -0.4 is 10.7 Å². The molecule has 3 aromatic rings. The van der Waals surface area contributed by atoms with Crippen LogP contribution in [0.2, 0.25) is 0 Å². The minimum absolute atomic E-state index is 0.0506. The third-order valence-electron chi connectivity index (χ3n) is 5.98. The van der Waals surface area contributed by atoms with E-state index in [0.717, 1.165) is 21.4 Å². The van der Waals surface area contributed by atoms with Crippen LogP contribution in [0.4, 0.5) is 5.69 Å². The second-order valence-electron chi connectivity index (χ2n) is 8.49. The maximum atomic E-state index is 13.3. The SMILES string of the molecule is CCCOC(=O)Cn1c(=O)oc2cc(S(=O)(=O)N3CCN(c4cc(C)ccc4C)CC3)ccc21. The lowest BCUT2D eigenvalue weighted by molar-refractivity contribution is -0.144. The predicted octanol–water partition coefficient (Wildman–Crippen LogP) is 2.68. The van der Waals surface area contributed by atoms with Gasteiger partial charge in [0.15, 0.2) is 5.58 Å². The van der Waals surface area contributed by atoms with Crippen LogP contribution in [0.25, 0.3) is 11.1 Å². The highest BCUT2D eigenvalue weighted by Gasteiger charge is 2.30. The van der Waals surface area contributed by atoms with Crippen molar-refractivity contribution >= 4 is 32.8 Å². The van der Waals surface area contributed by atoms with Gasteiger partial charge in [-0.15, -0.1) is 0 Å². The van der Waals surface area contributed by atoms with Crippen LogP contribution in [0.5, 0.6) is 0 Å². The molecule has 0 amide bonds. The van der Waals surface area contributed by atoms with E-state index < -0.39 is 21.7 Å². The molecule has 10 heteroatoms. The molecule has 0 aliphatic carbocycles. The van der Waals surface area contributed by atoms with Crippen LogP contribution in [0.3, 0.4) is 0 Å². The standard InChI is InChI=1S/C24H29N3O6S/c1-4-13-32-23(28)16-27-20-8-7-19(15-22(20)33-24(27)29)34(30,31)26-11-9-25(10-12-26)21-14-17(2)5-6-18(21)3/h5-8,14-15H,4,9-13,16H2,1-3H3. The lowest BCUT2D eigenvalue weighted by atomic mass is 10.1. The van der Waals surface area contributed by atoms with Gasteiger partial charge < -0.3 is 14.1 Å². The van der Waals surface area contributed by atoms with Crippen molar-refractivity contribution < 1.29 is 22.4 Å². The number of anilines is 1. The van der Waals surface area contributed by atoms with E-state index in [1.54, 1.807) is 0 Å². The summed E-state index contributed by atoms with van der Waals surface area (Å²) in [7, 11) is -3.77. The smallest absolute Gasteiger partial charge is 0.420 e. The molecule has 182 valence electrons. The van der Waals surface area contributed by atoms with Crippen LogP contribution in [0, 0.1) is 13.8 Å². The number of nitrogens with zero attached hydrogens (tertiary/aromatic N) is 3. The highest BCUT2D eigenvalue weighted by atomic mass is 32.2. The summed E-state index contributed by atoms with van der Waals surface area (Å²) in [6, 6.07) is 10.5. The molecule has 0 bridgehead atoms. The second-order valence-corrected chi connectivity index (χ2v) is 10.4. The third-order valence-corrected chi connectivity index (χ3v) is 7.87. The Labute approximate surface area is 198 Å². The van der Waals surface area contributed by atoms with Gasteiger partial charge in [-0.05, 0) is 49.6 Å². The van der Waals surface area contributed by atoms with Crippen molar-refractivity contribution in [1.29, 1.82) is 0 Å². The number of esters is 1. The van der Waals surface area contributed by atoms with Crippen LogP contribution in [0.1, 0.15) is 24.5 Å². The van der Waals surface area contributed by atoms with Gasteiger partial charge in [0, 0.05) is 37.9 Å². The maximum Gasteiger partial charge on any atom is 0.420 e. The van der Waals surface area contributed by atoms with E-state index in [1.165, 1.54) is 22.5 Å². The molecule has 1 aliphatic heterocycles. The number of carbonyl (C=O) groups excluding carboxylic acids is 1. The molecule has 1 saturated heterocycles. The average Bonchev–Trinajstić information content (AvgIpc) is 3.13. The highest BCUT2D eigenvalue weighted by molar-refractivity contribution is 7.89. The maximum absolute atomic E-state index is 13.3. The Balaban J connectivity index is 1.52. The number of hydrogen-bond acceptors (Lipinski definition) is 7. The molecule has 1 aromatic heterocycles. The molecule has 0 spiro atoms. The molecular formula is C24H29N3O6S. The summed E-state index contributed by atoms with van der Waals surface area (Å²) < 4.78 is 39.4. The largest absolute Gasteiger partial charge is 0.464 e. The van der Waals surface area contributed by atoms with Crippen molar-refractivity contribution in [3.05, 3.63) is 58.1 Å². The van der Waals surface area contributed by atoms with Gasteiger partial charge in [0.25, 0.3) is 0 Å². The van der Waals surface area contributed by atoms with Gasteiger partial charge >= 0.3 is 11.7 Å². The molecule has 0 N–H and O–H groups in total. The zero-order chi connectivity index (χ0) is 24.5. The van der Waals surface area contributed by atoms with E-state index in [4.69, 9.17) is 9.15 Å². The van der Waals surface area contributed by atoms with E-state index in [1.807, 2.05) is 13.8 Å². The summed E-state index contributed by atoms with van der Waals surface area (Å²) in [6.45, 7) is 7.80. The minimum atomic E-state index is -3.77. The van der Waals surface area contributed by atoms with Gasteiger partial charge in [0.05, 0.1) is 17.0 Å². The molecule has 0 saturated carbocycles. The number of fused-ring (bicyclic) bond motifs is 1. The van der Waals surface area contributed by atoms with Crippen molar-refractivity contribution in [2.75, 3.05) is 37.7 Å². The monoisotopic (exact) mass is 487 g/mol. The Morgan fingerprint density at radius 1 is 1.06 bits per heavy atom. The Hall–Kier alpha value is -3.11. The molecule has 1 fully saturated rings. The van der Waals surface area contributed by atoms with E-state index in [-0.39, 0.29) is 23.6 Å². The molecule has 0 atom stereocenters. The molecule has 9 nitrogen and oxygen atoms in total. The first-order valence-corrected chi connectivity index (χ1v) is 12.8. The number of piperazine rings is 1. The van der Waals surface area contributed by atoms with Crippen LogP contribution >= 0.6 is 0 Å². The number of sulfonamides is 1. The van der Waals surface area contributed by atoms with E-state index in [0.29, 0.717) is 38.1 Å². The van der Waals surface area contributed by atoms with E-state index >= 15 is 0 Å². The van der Waals surface area contributed by atoms with Crippen molar-refractivity contribution in [2.45, 2.75) is 38.6 Å². The molecule has 0 radical (unpaired) electrons. The van der Waals surface area contributed by atoms with Crippen LogP contribution in [-0.2, 0) is 26.1 Å². The van der Waals surface area contributed by atoms with Gasteiger partial charge in [-0.25, -0.2) is 13.2 Å². The van der Waals surface area contributed by atoms with Crippen molar-refractivity contribution in [2.24, 2.45) is 0 Å². The Morgan fingerprint density at radius 3 is 2.50 bits per heavy atom. The lowest BCUT2D eigenvalue weighted by Crippen LogP contribution is -2.48. The van der Waals surface area contributed by atoms with Crippen molar-refractivity contribution in [3.63, 3.8) is 0 Å². The number of benzene rings is 2. The van der Waals surface area contributed by atoms with Crippen molar-refractivity contribution in [1.82, 2.24) is 8.87 Å². The number of aryl methyl sites for hydroxylation is 2. The first-order valence-electron chi connectivity index (χ1n) is 11.3. The first-order chi connectivity index (χ1) is 16.2. The zero-order valence-corrected chi connectivity index (χ0v) is 20.4. The summed E-state index contributed by atoms with van der Waals surface area (Å²) >= 11 is 0. The summed E-state index contributed by atoms with van der Waals surface area (Å²) in [5.41, 5.74) is 3.90. The Morgan fingerprint density at radius 2 is 1.79 bits per heavy atom. The number of hydrogen-bond donors (Lipinski definition) is 0. The van der Waals surface area contributed by atoms with Crippen molar-refractivity contribution in [3.8, 4) is 0 Å². The highest BCUT2D eigenvalue weighted by Crippen LogP contribution is 2.26. The molecule has 2 heterocycles. The van der Waals surface area contributed by atoms with Crippen LogP contribution in [-0.4, -0.2) is 56.0 Å². The van der Waals surface area contributed by atoms with Gasteiger partial charge in [0.1, 0.15) is 6.54 Å². The Kier molecular flexibility index (Phi) is 6.81. The number of rotatable bonds is 7. The fourth-order valence-corrected chi connectivity index (χ4v) is 5.56. The first kappa shape index (κ1) is 24.0. The number of ether oxygens (including phenoxy) is 1. The fraction of sp³-hybridized carbons (Fsp3) is 0.417. The number of carbonyl (C=O) groups is 1. The van der Waals surface area contributed by atoms with E-state index in [2.05, 4.69) is 30.0 Å². The molecule has 4 rings (SSSR count). The molecule has 2 aromatic carbocycles. The number of oxazole rings is 1. The van der Waals surface area contributed by atoms with E-state index in [9.17, 15) is 18.0 Å². The summed E-state index contributed by atoms with van der Waals surface area (Å²) in [5, 5.41) is 0. The Bertz CT molecular complexity index is 1370. The normalized spacial score (nSPS) is 15.1. The summed E-state index contributed by atoms with van der Waals surface area (Å²) in [4.78, 5) is 26.4. The molecule has 0 unspecified atom stereocenters. The fourth-order valence-electron chi connectivity index (χ4n) is 4.13. The topological polar surface area (TPSA) is 102 Å². The summed E-state index contributed by atoms with van der Waals surface area (Å²) in [5.74, 6) is -1.29. The van der Waals surface area contributed by atoms with Gasteiger partial charge in [0.2, 0.25) is 10.0 Å². The molecule has 1 aliphatic rings. The third kappa shape index (κ3) is 4.74. The number of aromatic nitrogens is 1. The predicted molar refractivity (Wildman–Crippen MR) is 129 cm³/mol. The lowest BCUT2D eigenvalue weighted by Gasteiger charge is -2.36. The average molecular weight is 488 g/mol.